The third-order valence-corrected chi connectivity index (χ3v) is 4.86. The summed E-state index contributed by atoms with van der Waals surface area (Å²) in [5.41, 5.74) is 0.901. The Balaban J connectivity index is 0.00000392. The molecule has 2 rings (SSSR count). The van der Waals surface area contributed by atoms with E-state index in [0.717, 1.165) is 36.7 Å². The first kappa shape index (κ1) is 24.4. The summed E-state index contributed by atoms with van der Waals surface area (Å²) in [6.45, 7) is 6.31. The number of guanidine groups is 1. The number of hydrogen-bond acceptors (Lipinski definition) is 4. The molecule has 156 valence electrons. The summed E-state index contributed by atoms with van der Waals surface area (Å²) in [7, 11) is -3.67. The molecule has 0 aliphatic heterocycles. The van der Waals surface area contributed by atoms with Crippen molar-refractivity contribution >= 4 is 40.0 Å². The zero-order chi connectivity index (χ0) is 19.7. The number of rotatable bonds is 9. The summed E-state index contributed by atoms with van der Waals surface area (Å²) in [6.07, 6.45) is 3.47. The van der Waals surface area contributed by atoms with E-state index in [1.807, 2.05) is 12.1 Å². The lowest BCUT2D eigenvalue weighted by atomic mass is 10.1. The van der Waals surface area contributed by atoms with Gasteiger partial charge in [-0.2, -0.15) is 0 Å². The summed E-state index contributed by atoms with van der Waals surface area (Å²) in [5, 5.41) is 11.8. The predicted molar refractivity (Wildman–Crippen MR) is 122 cm³/mol. The summed E-state index contributed by atoms with van der Waals surface area (Å²) in [6, 6.07) is 10.2. The Kier molecular flexibility index (Phi) is 10.5. The Bertz CT molecular complexity index is 819. The molecule has 7 nitrogen and oxygen atoms in total. The third-order valence-electron chi connectivity index (χ3n) is 3.93. The molecule has 0 radical (unpaired) electrons. The first-order valence-electron chi connectivity index (χ1n) is 9.01. The number of benzene rings is 1. The maximum Gasteiger partial charge on any atom is 0.238 e. The van der Waals surface area contributed by atoms with E-state index in [4.69, 9.17) is 9.56 Å². The van der Waals surface area contributed by atoms with Crippen LogP contribution in [0.3, 0.4) is 0 Å². The highest BCUT2D eigenvalue weighted by Gasteiger charge is 2.07. The maximum absolute atomic E-state index is 11.3. The SMILES string of the molecule is CC(C)CCNC(=NCc1ccc(S(N)(=O)=O)cc1)NCCc1ccco1.I. The number of aliphatic imine (C=N–C) groups is 1. The number of nitrogens with one attached hydrogen (secondary N) is 2. The number of primary sulfonamides is 1. The van der Waals surface area contributed by atoms with E-state index in [1.54, 1.807) is 18.4 Å². The van der Waals surface area contributed by atoms with Crippen LogP contribution in [0.1, 0.15) is 31.6 Å². The van der Waals surface area contributed by atoms with Gasteiger partial charge in [0.15, 0.2) is 5.96 Å². The van der Waals surface area contributed by atoms with Crippen molar-refractivity contribution in [3.8, 4) is 0 Å². The molecule has 0 aliphatic rings. The van der Waals surface area contributed by atoms with Crippen molar-refractivity contribution in [2.75, 3.05) is 13.1 Å². The van der Waals surface area contributed by atoms with E-state index in [1.165, 1.54) is 12.1 Å². The van der Waals surface area contributed by atoms with Crippen LogP contribution in [0.2, 0.25) is 0 Å². The van der Waals surface area contributed by atoms with E-state index in [-0.39, 0.29) is 28.9 Å². The van der Waals surface area contributed by atoms with Crippen LogP contribution >= 0.6 is 24.0 Å². The standard InChI is InChI=1S/C19H28N4O3S.HI/c1-15(2)9-11-21-19(22-12-10-17-4-3-13-26-17)23-14-16-5-7-18(8-6-16)27(20,24)25;/h3-8,13,15H,9-12,14H2,1-2H3,(H2,20,24,25)(H2,21,22,23);1H. The van der Waals surface area contributed by atoms with Gasteiger partial charge in [0.05, 0.1) is 17.7 Å². The highest BCUT2D eigenvalue weighted by molar-refractivity contribution is 14.0. The van der Waals surface area contributed by atoms with Gasteiger partial charge < -0.3 is 15.1 Å². The molecule has 0 bridgehead atoms. The molecule has 0 spiro atoms. The van der Waals surface area contributed by atoms with Crippen LogP contribution in [0.15, 0.2) is 57.0 Å². The average Bonchev–Trinajstić information content (AvgIpc) is 3.12. The Hall–Kier alpha value is -1.59. The van der Waals surface area contributed by atoms with Crippen molar-refractivity contribution in [3.63, 3.8) is 0 Å². The van der Waals surface area contributed by atoms with Gasteiger partial charge in [-0.3, -0.25) is 0 Å². The van der Waals surface area contributed by atoms with Crippen molar-refractivity contribution in [2.24, 2.45) is 16.0 Å². The lowest BCUT2D eigenvalue weighted by Gasteiger charge is -2.13. The molecule has 4 N–H and O–H groups in total. The third kappa shape index (κ3) is 9.07. The second-order valence-corrected chi connectivity index (χ2v) is 8.28. The molecule has 0 atom stereocenters. The summed E-state index contributed by atoms with van der Waals surface area (Å²) in [4.78, 5) is 4.68. The number of nitrogens with zero attached hydrogens (tertiary/aromatic N) is 1. The molecular formula is C19H29IN4O3S. The number of sulfonamides is 1. The minimum Gasteiger partial charge on any atom is -0.469 e. The van der Waals surface area contributed by atoms with Crippen molar-refractivity contribution in [1.29, 1.82) is 0 Å². The van der Waals surface area contributed by atoms with Gasteiger partial charge in [-0.25, -0.2) is 18.5 Å². The summed E-state index contributed by atoms with van der Waals surface area (Å²) in [5.74, 6) is 2.24. The van der Waals surface area contributed by atoms with Crippen molar-refractivity contribution < 1.29 is 12.8 Å². The fraction of sp³-hybridized carbons (Fsp3) is 0.421. The molecule has 0 fully saturated rings. The fourth-order valence-electron chi connectivity index (χ4n) is 2.37. The lowest BCUT2D eigenvalue weighted by molar-refractivity contribution is 0.506. The second kappa shape index (κ2) is 12.1. The van der Waals surface area contributed by atoms with Gasteiger partial charge >= 0.3 is 0 Å². The first-order chi connectivity index (χ1) is 12.8. The van der Waals surface area contributed by atoms with Crippen LogP contribution in [0, 0.1) is 5.92 Å². The van der Waals surface area contributed by atoms with Gasteiger partial charge in [-0.15, -0.1) is 24.0 Å². The van der Waals surface area contributed by atoms with Crippen LogP contribution < -0.4 is 15.8 Å². The van der Waals surface area contributed by atoms with Crippen LogP contribution in [0.4, 0.5) is 0 Å². The smallest absolute Gasteiger partial charge is 0.238 e. The normalized spacial score (nSPS) is 11.9. The Labute approximate surface area is 184 Å². The molecule has 1 aromatic heterocycles. The molecule has 0 unspecified atom stereocenters. The predicted octanol–water partition coefficient (Wildman–Crippen LogP) is 2.87. The lowest BCUT2D eigenvalue weighted by Crippen LogP contribution is -2.39. The molecule has 9 heteroatoms. The van der Waals surface area contributed by atoms with Crippen LogP contribution in [-0.2, 0) is 23.0 Å². The topological polar surface area (TPSA) is 110 Å². The molecule has 0 amide bonds. The Morgan fingerprint density at radius 1 is 1.14 bits per heavy atom. The highest BCUT2D eigenvalue weighted by atomic mass is 127. The van der Waals surface area contributed by atoms with Gasteiger partial charge in [-0.1, -0.05) is 26.0 Å². The number of nitrogens with two attached hydrogens (primary N) is 1. The van der Waals surface area contributed by atoms with Crippen LogP contribution in [-0.4, -0.2) is 27.5 Å². The van der Waals surface area contributed by atoms with Crippen molar-refractivity contribution in [1.82, 2.24) is 10.6 Å². The highest BCUT2D eigenvalue weighted by Crippen LogP contribution is 2.09. The minimum atomic E-state index is -3.67. The number of furan rings is 1. The van der Waals surface area contributed by atoms with Gasteiger partial charge in [0, 0.05) is 19.5 Å². The van der Waals surface area contributed by atoms with Crippen molar-refractivity contribution in [3.05, 3.63) is 54.0 Å². The Morgan fingerprint density at radius 2 is 1.82 bits per heavy atom. The van der Waals surface area contributed by atoms with E-state index in [9.17, 15) is 8.42 Å². The first-order valence-corrected chi connectivity index (χ1v) is 10.6. The van der Waals surface area contributed by atoms with E-state index in [0.29, 0.717) is 19.0 Å². The molecule has 28 heavy (non-hydrogen) atoms. The molecule has 0 saturated carbocycles. The van der Waals surface area contributed by atoms with E-state index in [2.05, 4.69) is 29.5 Å². The maximum atomic E-state index is 11.3. The Morgan fingerprint density at radius 3 is 2.39 bits per heavy atom. The second-order valence-electron chi connectivity index (χ2n) is 6.72. The quantitative estimate of drug-likeness (QED) is 0.268. The zero-order valence-electron chi connectivity index (χ0n) is 16.2. The molecule has 2 aromatic rings. The number of hydrogen-bond donors (Lipinski definition) is 3. The van der Waals surface area contributed by atoms with Gasteiger partial charge in [0.2, 0.25) is 10.0 Å². The van der Waals surface area contributed by atoms with Gasteiger partial charge in [0.1, 0.15) is 5.76 Å². The molecule has 1 aromatic carbocycles. The fourth-order valence-corrected chi connectivity index (χ4v) is 2.88. The van der Waals surface area contributed by atoms with Crippen LogP contribution in [0.25, 0.3) is 0 Å². The summed E-state index contributed by atoms with van der Waals surface area (Å²) < 4.78 is 28.0. The summed E-state index contributed by atoms with van der Waals surface area (Å²) >= 11 is 0. The molecule has 1 heterocycles. The zero-order valence-corrected chi connectivity index (χ0v) is 19.4. The largest absolute Gasteiger partial charge is 0.469 e. The average molecular weight is 520 g/mol. The van der Waals surface area contributed by atoms with Crippen LogP contribution in [0.5, 0.6) is 0 Å². The van der Waals surface area contributed by atoms with E-state index < -0.39 is 10.0 Å². The number of halogens is 1. The molecular weight excluding hydrogens is 491 g/mol. The monoisotopic (exact) mass is 520 g/mol. The van der Waals surface area contributed by atoms with Gasteiger partial charge in [-0.05, 0) is 42.2 Å². The van der Waals surface area contributed by atoms with Gasteiger partial charge in [0.25, 0.3) is 0 Å². The molecule has 0 saturated heterocycles. The van der Waals surface area contributed by atoms with E-state index >= 15 is 0 Å². The minimum absolute atomic E-state index is 0. The van der Waals surface area contributed by atoms with Crippen molar-refractivity contribution in [2.45, 2.75) is 38.1 Å². The molecule has 0 aliphatic carbocycles.